The minimum atomic E-state index is 0.0330. The first-order chi connectivity index (χ1) is 6.72. The van der Waals surface area contributed by atoms with Gasteiger partial charge in [0, 0.05) is 0 Å². The summed E-state index contributed by atoms with van der Waals surface area (Å²) in [7, 11) is 0.0330. The first-order valence-corrected chi connectivity index (χ1v) is 7.44. The zero-order valence-corrected chi connectivity index (χ0v) is 10.1. The van der Waals surface area contributed by atoms with Crippen molar-refractivity contribution in [3.63, 3.8) is 0 Å². The van der Waals surface area contributed by atoms with Gasteiger partial charge in [-0.2, -0.15) is 0 Å². The third kappa shape index (κ3) is 1.64. The summed E-state index contributed by atoms with van der Waals surface area (Å²) in [5.74, 6) is 0. The second kappa shape index (κ2) is 3.87. The van der Waals surface area contributed by atoms with Gasteiger partial charge in [-0.1, -0.05) is 44.7 Å². The highest BCUT2D eigenvalue weighted by Gasteiger charge is 2.15. The molecular formula is C13H17P. The lowest BCUT2D eigenvalue weighted by atomic mass is 10.1. The molecular weight excluding hydrogens is 187 g/mol. The maximum absolute atomic E-state index is 2.41. The quantitative estimate of drug-likeness (QED) is 0.648. The van der Waals surface area contributed by atoms with Crippen molar-refractivity contribution < 1.29 is 0 Å². The summed E-state index contributed by atoms with van der Waals surface area (Å²) in [6.07, 6.45) is 4.79. The van der Waals surface area contributed by atoms with E-state index in [-0.39, 0.29) is 7.92 Å². The molecule has 1 aliphatic carbocycles. The van der Waals surface area contributed by atoms with Gasteiger partial charge in [-0.3, -0.25) is 0 Å². The van der Waals surface area contributed by atoms with Crippen molar-refractivity contribution in [1.29, 1.82) is 0 Å². The van der Waals surface area contributed by atoms with Crippen LogP contribution in [-0.4, -0.2) is 13.3 Å². The monoisotopic (exact) mass is 204 g/mol. The molecule has 0 heterocycles. The first kappa shape index (κ1) is 9.93. The largest absolute Gasteiger partial charge is 0.0810 e. The van der Waals surface area contributed by atoms with E-state index in [1.807, 2.05) is 0 Å². The summed E-state index contributed by atoms with van der Waals surface area (Å²) < 4.78 is 0. The second-order valence-corrected chi connectivity index (χ2v) is 6.35. The fraction of sp³-hybridized carbons (Fsp3) is 0.385. The Morgan fingerprint density at radius 1 is 1.29 bits per heavy atom. The SMILES string of the molecule is CCC1=Cc2c(cccc2P(C)C)C1. The Morgan fingerprint density at radius 2 is 2.07 bits per heavy atom. The van der Waals surface area contributed by atoms with Gasteiger partial charge in [-0.05, 0) is 42.6 Å². The fourth-order valence-electron chi connectivity index (χ4n) is 2.04. The van der Waals surface area contributed by atoms with Crippen LogP contribution in [0.4, 0.5) is 0 Å². The van der Waals surface area contributed by atoms with E-state index in [1.54, 1.807) is 10.9 Å². The van der Waals surface area contributed by atoms with Crippen LogP contribution in [0.25, 0.3) is 6.08 Å². The molecule has 0 nitrogen and oxygen atoms in total. The Morgan fingerprint density at radius 3 is 2.71 bits per heavy atom. The van der Waals surface area contributed by atoms with E-state index in [0.717, 1.165) is 0 Å². The summed E-state index contributed by atoms with van der Waals surface area (Å²) >= 11 is 0. The van der Waals surface area contributed by atoms with E-state index in [4.69, 9.17) is 0 Å². The van der Waals surface area contributed by atoms with Crippen LogP contribution < -0.4 is 5.30 Å². The van der Waals surface area contributed by atoms with Crippen LogP contribution in [-0.2, 0) is 6.42 Å². The molecule has 0 bridgehead atoms. The average molecular weight is 204 g/mol. The molecule has 0 unspecified atom stereocenters. The lowest BCUT2D eigenvalue weighted by Crippen LogP contribution is -2.04. The lowest BCUT2D eigenvalue weighted by molar-refractivity contribution is 1.04. The fourth-order valence-corrected chi connectivity index (χ4v) is 3.11. The van der Waals surface area contributed by atoms with Crippen LogP contribution in [0.1, 0.15) is 24.5 Å². The Labute approximate surface area is 87.8 Å². The van der Waals surface area contributed by atoms with Gasteiger partial charge in [0.25, 0.3) is 0 Å². The number of allylic oxidation sites excluding steroid dienone is 1. The van der Waals surface area contributed by atoms with Crippen molar-refractivity contribution in [2.75, 3.05) is 13.3 Å². The summed E-state index contributed by atoms with van der Waals surface area (Å²) in [5.41, 5.74) is 4.65. The third-order valence-electron chi connectivity index (χ3n) is 2.88. The standard InChI is InChI=1S/C13H17P/c1-4-10-8-11-6-5-7-13(14(2)3)12(11)9-10/h5-7,9H,4,8H2,1-3H3. The van der Waals surface area contributed by atoms with Crippen LogP contribution >= 0.6 is 7.92 Å². The summed E-state index contributed by atoms with van der Waals surface area (Å²) in [4.78, 5) is 0. The lowest BCUT2D eigenvalue weighted by Gasteiger charge is -2.10. The Hall–Kier alpha value is -0.610. The average Bonchev–Trinajstić information content (AvgIpc) is 2.59. The smallest absolute Gasteiger partial charge is 0.00577 e. The van der Waals surface area contributed by atoms with Gasteiger partial charge < -0.3 is 0 Å². The summed E-state index contributed by atoms with van der Waals surface area (Å²) in [5, 5.41) is 1.57. The molecule has 1 aliphatic rings. The Bertz CT molecular complexity index is 375. The van der Waals surface area contributed by atoms with E-state index < -0.39 is 0 Å². The van der Waals surface area contributed by atoms with Crippen molar-refractivity contribution in [2.45, 2.75) is 19.8 Å². The maximum atomic E-state index is 2.41. The van der Waals surface area contributed by atoms with Crippen LogP contribution in [0.3, 0.4) is 0 Å². The highest BCUT2D eigenvalue weighted by atomic mass is 31.1. The van der Waals surface area contributed by atoms with Crippen molar-refractivity contribution in [3.05, 3.63) is 34.9 Å². The first-order valence-electron chi connectivity index (χ1n) is 5.21. The van der Waals surface area contributed by atoms with E-state index in [1.165, 1.54) is 24.0 Å². The molecule has 0 aromatic heterocycles. The van der Waals surface area contributed by atoms with E-state index in [9.17, 15) is 0 Å². The third-order valence-corrected chi connectivity index (χ3v) is 4.23. The van der Waals surface area contributed by atoms with E-state index in [2.05, 4.69) is 44.5 Å². The molecule has 0 fully saturated rings. The molecule has 14 heavy (non-hydrogen) atoms. The summed E-state index contributed by atoms with van der Waals surface area (Å²) in [6, 6.07) is 6.78. The van der Waals surface area contributed by atoms with Crippen LogP contribution in [0.15, 0.2) is 23.8 Å². The molecule has 0 saturated heterocycles. The van der Waals surface area contributed by atoms with Gasteiger partial charge in [0.2, 0.25) is 0 Å². The molecule has 0 N–H and O–H groups in total. The number of hydrogen-bond donors (Lipinski definition) is 0. The molecule has 0 atom stereocenters. The highest BCUT2D eigenvalue weighted by molar-refractivity contribution is 7.64. The van der Waals surface area contributed by atoms with Crippen LogP contribution in [0.2, 0.25) is 0 Å². The van der Waals surface area contributed by atoms with Gasteiger partial charge in [0.05, 0.1) is 0 Å². The van der Waals surface area contributed by atoms with E-state index in [0.29, 0.717) is 0 Å². The number of benzene rings is 1. The van der Waals surface area contributed by atoms with Crippen molar-refractivity contribution in [2.24, 2.45) is 0 Å². The number of fused-ring (bicyclic) bond motifs is 1. The van der Waals surface area contributed by atoms with Crippen molar-refractivity contribution >= 4 is 19.3 Å². The molecule has 0 aliphatic heterocycles. The number of hydrogen-bond acceptors (Lipinski definition) is 0. The number of rotatable bonds is 2. The topological polar surface area (TPSA) is 0 Å². The predicted molar refractivity (Wildman–Crippen MR) is 66.8 cm³/mol. The zero-order valence-electron chi connectivity index (χ0n) is 9.17. The van der Waals surface area contributed by atoms with Gasteiger partial charge in [0.1, 0.15) is 0 Å². The molecule has 1 heteroatoms. The van der Waals surface area contributed by atoms with Crippen LogP contribution in [0.5, 0.6) is 0 Å². The predicted octanol–water partition coefficient (Wildman–Crippen LogP) is 3.40. The molecule has 0 radical (unpaired) electrons. The Kier molecular flexibility index (Phi) is 2.74. The zero-order chi connectivity index (χ0) is 10.1. The molecule has 0 spiro atoms. The normalized spacial score (nSPS) is 14.4. The minimum absolute atomic E-state index is 0.0330. The summed E-state index contributed by atoms with van der Waals surface area (Å²) in [6.45, 7) is 6.92. The van der Waals surface area contributed by atoms with Gasteiger partial charge in [0.15, 0.2) is 0 Å². The minimum Gasteiger partial charge on any atom is -0.0810 e. The molecule has 2 rings (SSSR count). The van der Waals surface area contributed by atoms with Crippen molar-refractivity contribution in [1.82, 2.24) is 0 Å². The van der Waals surface area contributed by atoms with Gasteiger partial charge in [-0.25, -0.2) is 0 Å². The Balaban J connectivity index is 2.47. The molecule has 1 aromatic carbocycles. The van der Waals surface area contributed by atoms with Gasteiger partial charge >= 0.3 is 0 Å². The highest BCUT2D eigenvalue weighted by Crippen LogP contribution is 2.33. The maximum Gasteiger partial charge on any atom is -0.00577 e. The van der Waals surface area contributed by atoms with Gasteiger partial charge in [-0.15, -0.1) is 0 Å². The van der Waals surface area contributed by atoms with E-state index >= 15 is 0 Å². The molecule has 0 saturated carbocycles. The van der Waals surface area contributed by atoms with Crippen LogP contribution in [0, 0.1) is 0 Å². The molecule has 0 amide bonds. The molecule has 1 aromatic rings. The second-order valence-electron chi connectivity index (χ2n) is 4.08. The molecule has 74 valence electrons. The van der Waals surface area contributed by atoms with Crippen molar-refractivity contribution in [3.8, 4) is 0 Å².